The van der Waals surface area contributed by atoms with Gasteiger partial charge in [-0.15, -0.1) is 0 Å². The maximum Gasteiger partial charge on any atom is 0.244 e. The summed E-state index contributed by atoms with van der Waals surface area (Å²) in [6, 6.07) is 5.58. The smallest absolute Gasteiger partial charge is 0.244 e. The van der Waals surface area contributed by atoms with Gasteiger partial charge in [0, 0.05) is 11.6 Å². The first-order valence-electron chi connectivity index (χ1n) is 6.34. The largest absolute Gasteiger partial charge is 0.496 e. The molecule has 0 heterocycles. The van der Waals surface area contributed by atoms with Gasteiger partial charge < -0.3 is 15.2 Å². The Hall–Kier alpha value is -1.81. The number of benzene rings is 1. The van der Waals surface area contributed by atoms with E-state index in [1.165, 1.54) is 6.08 Å². The molecule has 1 rings (SSSR count). The molecule has 19 heavy (non-hydrogen) atoms. The second-order valence-corrected chi connectivity index (χ2v) is 4.38. The summed E-state index contributed by atoms with van der Waals surface area (Å²) >= 11 is 0. The minimum Gasteiger partial charge on any atom is -0.496 e. The monoisotopic (exact) mass is 263 g/mol. The first-order valence-corrected chi connectivity index (χ1v) is 6.34. The third-order valence-corrected chi connectivity index (χ3v) is 2.86. The summed E-state index contributed by atoms with van der Waals surface area (Å²) < 4.78 is 5.23. The van der Waals surface area contributed by atoms with Gasteiger partial charge in [-0.05, 0) is 31.6 Å². The van der Waals surface area contributed by atoms with Crippen LogP contribution in [0.3, 0.4) is 0 Å². The normalized spacial score (nSPS) is 12.4. The molecule has 0 saturated carbocycles. The molecule has 104 valence electrons. The van der Waals surface area contributed by atoms with Crippen molar-refractivity contribution >= 4 is 12.0 Å². The standard InChI is InChI=1S/C15H21NO3/c1-4-13(10-17)16-15(18)8-6-12-9-11(2)5-7-14(12)19-3/h5-9,13,17H,4,10H2,1-3H3,(H,16,18)/b8-6+/t13-/m1/s1. The van der Waals surface area contributed by atoms with Gasteiger partial charge in [0.15, 0.2) is 0 Å². The average molecular weight is 263 g/mol. The van der Waals surface area contributed by atoms with Gasteiger partial charge in [0.05, 0.1) is 19.8 Å². The third kappa shape index (κ3) is 4.75. The van der Waals surface area contributed by atoms with Gasteiger partial charge >= 0.3 is 0 Å². The molecule has 0 aliphatic carbocycles. The van der Waals surface area contributed by atoms with Crippen LogP contribution in [0, 0.1) is 6.92 Å². The molecule has 0 fully saturated rings. The molecule has 1 aromatic rings. The zero-order valence-corrected chi connectivity index (χ0v) is 11.6. The predicted octanol–water partition coefficient (Wildman–Crippen LogP) is 1.90. The number of aliphatic hydroxyl groups is 1. The molecule has 0 unspecified atom stereocenters. The molecule has 0 radical (unpaired) electrons. The van der Waals surface area contributed by atoms with Crippen LogP contribution in [-0.2, 0) is 4.79 Å². The molecular weight excluding hydrogens is 242 g/mol. The predicted molar refractivity (Wildman–Crippen MR) is 76.1 cm³/mol. The van der Waals surface area contributed by atoms with Crippen molar-refractivity contribution in [2.24, 2.45) is 0 Å². The Labute approximate surface area is 114 Å². The lowest BCUT2D eigenvalue weighted by molar-refractivity contribution is -0.117. The highest BCUT2D eigenvalue weighted by Gasteiger charge is 2.06. The second-order valence-electron chi connectivity index (χ2n) is 4.38. The second kappa shape index (κ2) is 7.59. The number of amides is 1. The van der Waals surface area contributed by atoms with Crippen LogP contribution in [0.25, 0.3) is 6.08 Å². The van der Waals surface area contributed by atoms with Crippen LogP contribution < -0.4 is 10.1 Å². The SMILES string of the molecule is CC[C@H](CO)NC(=O)/C=C/c1cc(C)ccc1OC. The summed E-state index contributed by atoms with van der Waals surface area (Å²) in [6.07, 6.45) is 3.87. The van der Waals surface area contributed by atoms with Gasteiger partial charge in [0.1, 0.15) is 5.75 Å². The van der Waals surface area contributed by atoms with Gasteiger partial charge in [-0.2, -0.15) is 0 Å². The van der Waals surface area contributed by atoms with E-state index in [9.17, 15) is 4.79 Å². The molecular formula is C15H21NO3. The number of methoxy groups -OCH3 is 1. The minimum absolute atomic E-state index is 0.0517. The number of hydrogen-bond acceptors (Lipinski definition) is 3. The molecule has 0 spiro atoms. The van der Waals surface area contributed by atoms with Crippen LogP contribution in [0.4, 0.5) is 0 Å². The van der Waals surface area contributed by atoms with Gasteiger partial charge in [0.2, 0.25) is 5.91 Å². The number of aryl methyl sites for hydroxylation is 1. The maximum absolute atomic E-state index is 11.7. The van der Waals surface area contributed by atoms with Crippen LogP contribution in [0.1, 0.15) is 24.5 Å². The number of carbonyl (C=O) groups excluding carboxylic acids is 1. The zero-order valence-electron chi connectivity index (χ0n) is 11.6. The Morgan fingerprint density at radius 1 is 1.53 bits per heavy atom. The van der Waals surface area contributed by atoms with E-state index in [-0.39, 0.29) is 18.6 Å². The fourth-order valence-electron chi connectivity index (χ4n) is 1.68. The maximum atomic E-state index is 11.7. The Kier molecular flexibility index (Phi) is 6.09. The fourth-order valence-corrected chi connectivity index (χ4v) is 1.68. The number of aliphatic hydroxyl groups excluding tert-OH is 1. The van der Waals surface area contributed by atoms with Crippen LogP contribution in [0.5, 0.6) is 5.75 Å². The summed E-state index contributed by atoms with van der Waals surface area (Å²) in [4.78, 5) is 11.7. The lowest BCUT2D eigenvalue weighted by Crippen LogP contribution is -2.35. The molecule has 1 aromatic carbocycles. The zero-order chi connectivity index (χ0) is 14.3. The number of carbonyl (C=O) groups is 1. The Morgan fingerprint density at radius 2 is 2.26 bits per heavy atom. The summed E-state index contributed by atoms with van der Waals surface area (Å²) in [6.45, 7) is 3.84. The van der Waals surface area contributed by atoms with E-state index < -0.39 is 0 Å². The molecule has 2 N–H and O–H groups in total. The highest BCUT2D eigenvalue weighted by molar-refractivity contribution is 5.92. The van der Waals surface area contributed by atoms with Crippen LogP contribution >= 0.6 is 0 Å². The van der Waals surface area contributed by atoms with Gasteiger partial charge in [0.25, 0.3) is 0 Å². The van der Waals surface area contributed by atoms with Crippen molar-refractivity contribution in [2.45, 2.75) is 26.3 Å². The van der Waals surface area contributed by atoms with Crippen molar-refractivity contribution < 1.29 is 14.6 Å². The van der Waals surface area contributed by atoms with E-state index in [1.807, 2.05) is 32.0 Å². The molecule has 0 aromatic heterocycles. The Bertz CT molecular complexity index is 451. The van der Waals surface area contributed by atoms with Crippen molar-refractivity contribution in [2.75, 3.05) is 13.7 Å². The lowest BCUT2D eigenvalue weighted by atomic mass is 10.1. The molecule has 0 saturated heterocycles. The van der Waals surface area contributed by atoms with Crippen LogP contribution in [0.15, 0.2) is 24.3 Å². The first kappa shape index (κ1) is 15.2. The highest BCUT2D eigenvalue weighted by Crippen LogP contribution is 2.20. The van der Waals surface area contributed by atoms with E-state index in [2.05, 4.69) is 5.32 Å². The Morgan fingerprint density at radius 3 is 2.84 bits per heavy atom. The van der Waals surface area contributed by atoms with Crippen molar-refractivity contribution in [3.8, 4) is 5.75 Å². The number of nitrogens with one attached hydrogen (secondary N) is 1. The van der Waals surface area contributed by atoms with Crippen molar-refractivity contribution in [1.29, 1.82) is 0 Å². The molecule has 0 aliphatic heterocycles. The van der Waals surface area contributed by atoms with Crippen molar-refractivity contribution in [1.82, 2.24) is 5.32 Å². The minimum atomic E-state index is -0.218. The molecule has 1 atom stereocenters. The van der Waals surface area contributed by atoms with Crippen molar-refractivity contribution in [3.63, 3.8) is 0 Å². The highest BCUT2D eigenvalue weighted by atomic mass is 16.5. The summed E-state index contributed by atoms with van der Waals surface area (Å²) in [7, 11) is 1.60. The van der Waals surface area contributed by atoms with Crippen molar-refractivity contribution in [3.05, 3.63) is 35.4 Å². The molecule has 4 heteroatoms. The Balaban J connectivity index is 2.75. The summed E-state index contributed by atoms with van der Waals surface area (Å²) in [5.74, 6) is 0.508. The third-order valence-electron chi connectivity index (χ3n) is 2.86. The summed E-state index contributed by atoms with van der Waals surface area (Å²) in [5.41, 5.74) is 1.96. The molecule has 0 bridgehead atoms. The molecule has 0 aliphatic rings. The summed E-state index contributed by atoms with van der Waals surface area (Å²) in [5, 5.41) is 11.7. The van der Waals surface area contributed by atoms with Gasteiger partial charge in [-0.1, -0.05) is 18.6 Å². The van der Waals surface area contributed by atoms with E-state index >= 15 is 0 Å². The topological polar surface area (TPSA) is 58.6 Å². The number of hydrogen-bond donors (Lipinski definition) is 2. The van der Waals surface area contributed by atoms with E-state index in [1.54, 1.807) is 13.2 Å². The fraction of sp³-hybridized carbons (Fsp3) is 0.400. The number of ether oxygens (including phenoxy) is 1. The van der Waals surface area contributed by atoms with Gasteiger partial charge in [-0.3, -0.25) is 4.79 Å². The average Bonchev–Trinajstić information content (AvgIpc) is 2.42. The number of rotatable bonds is 6. The lowest BCUT2D eigenvalue weighted by Gasteiger charge is -2.12. The quantitative estimate of drug-likeness (QED) is 0.771. The van der Waals surface area contributed by atoms with E-state index in [0.717, 1.165) is 16.9 Å². The molecule has 1 amide bonds. The van der Waals surface area contributed by atoms with Gasteiger partial charge in [-0.25, -0.2) is 0 Å². The van der Waals surface area contributed by atoms with Crippen LogP contribution in [0.2, 0.25) is 0 Å². The molecule has 4 nitrogen and oxygen atoms in total. The van der Waals surface area contributed by atoms with E-state index in [0.29, 0.717) is 6.42 Å². The van der Waals surface area contributed by atoms with Crippen LogP contribution in [-0.4, -0.2) is 30.8 Å². The van der Waals surface area contributed by atoms with E-state index in [4.69, 9.17) is 9.84 Å². The first-order chi connectivity index (χ1) is 9.10.